The van der Waals surface area contributed by atoms with Crippen LogP contribution < -0.4 is 0 Å². The van der Waals surface area contributed by atoms with E-state index in [0.717, 1.165) is 22.0 Å². The van der Waals surface area contributed by atoms with Gasteiger partial charge >= 0.3 is 5.97 Å². The van der Waals surface area contributed by atoms with Gasteiger partial charge in [0.15, 0.2) is 5.54 Å². The number of hydrogen-bond donors (Lipinski definition) is 1. The molecule has 5 nitrogen and oxygen atoms in total. The molecule has 1 aliphatic heterocycles. The number of para-hydroxylation sites is 1. The van der Waals surface area contributed by atoms with Gasteiger partial charge in [-0.2, -0.15) is 0 Å². The van der Waals surface area contributed by atoms with E-state index in [2.05, 4.69) is 4.98 Å². The highest BCUT2D eigenvalue weighted by Gasteiger charge is 2.52. The van der Waals surface area contributed by atoms with Gasteiger partial charge in [0.05, 0.1) is 12.3 Å². The summed E-state index contributed by atoms with van der Waals surface area (Å²) in [4.78, 5) is 31.0. The Labute approximate surface area is 184 Å². The Bertz CT molecular complexity index is 1110. The first-order valence-corrected chi connectivity index (χ1v) is 10.7. The standard InChI is InChI=1S/C23H22Cl2N2O3/c1-3-30-22(29)23(2)21-20(16-6-4-5-7-18(16)26-21)17(13-27(23)19(28)12-24)14-8-10-15(25)11-9-14/h4-11,17,26H,3,12-13H2,1-2H3/t17-,23+/m1/s1. The zero-order valence-corrected chi connectivity index (χ0v) is 18.3. The van der Waals surface area contributed by atoms with E-state index >= 15 is 0 Å². The van der Waals surface area contributed by atoms with Crippen molar-refractivity contribution < 1.29 is 14.3 Å². The number of fused-ring (bicyclic) bond motifs is 3. The SMILES string of the molecule is CCOC(=O)[C@]1(C)c2[nH]c3ccccc3c2[C@@H](c2ccc(Cl)cc2)CN1C(=O)CCl. The first-order valence-electron chi connectivity index (χ1n) is 9.82. The van der Waals surface area contributed by atoms with Crippen LogP contribution in [0, 0.1) is 0 Å². The summed E-state index contributed by atoms with van der Waals surface area (Å²) in [7, 11) is 0. The van der Waals surface area contributed by atoms with Crippen LogP contribution in [0.15, 0.2) is 48.5 Å². The number of carbonyl (C=O) groups excluding carboxylic acids is 2. The summed E-state index contributed by atoms with van der Waals surface area (Å²) in [5.74, 6) is -1.18. The Hall–Kier alpha value is -2.50. The van der Waals surface area contributed by atoms with E-state index in [0.29, 0.717) is 17.3 Å². The summed E-state index contributed by atoms with van der Waals surface area (Å²) in [6.07, 6.45) is 0. The normalized spacial score (nSPS) is 20.8. The molecule has 2 aromatic carbocycles. The first kappa shape index (κ1) is 20.8. The predicted molar refractivity (Wildman–Crippen MR) is 118 cm³/mol. The molecule has 0 fully saturated rings. The van der Waals surface area contributed by atoms with E-state index in [9.17, 15) is 9.59 Å². The molecule has 7 heteroatoms. The summed E-state index contributed by atoms with van der Waals surface area (Å²) >= 11 is 12.0. The molecule has 1 N–H and O–H groups in total. The number of aromatic nitrogens is 1. The molecule has 0 spiro atoms. The average molecular weight is 445 g/mol. The van der Waals surface area contributed by atoms with Gasteiger partial charge in [0.25, 0.3) is 0 Å². The van der Waals surface area contributed by atoms with Crippen LogP contribution in [-0.2, 0) is 19.9 Å². The minimum atomic E-state index is -1.31. The van der Waals surface area contributed by atoms with E-state index in [-0.39, 0.29) is 24.3 Å². The van der Waals surface area contributed by atoms with Crippen LogP contribution in [0.2, 0.25) is 5.02 Å². The second-order valence-electron chi connectivity index (χ2n) is 7.49. The Morgan fingerprint density at radius 1 is 1.20 bits per heavy atom. The number of aromatic amines is 1. The fourth-order valence-electron chi connectivity index (χ4n) is 4.38. The molecule has 2 atom stereocenters. The molecule has 0 saturated carbocycles. The van der Waals surface area contributed by atoms with Gasteiger partial charge in [-0.15, -0.1) is 11.6 Å². The largest absolute Gasteiger partial charge is 0.464 e. The molecule has 0 bridgehead atoms. The van der Waals surface area contributed by atoms with Crippen LogP contribution in [0.25, 0.3) is 10.9 Å². The molecule has 156 valence electrons. The van der Waals surface area contributed by atoms with Crippen molar-refractivity contribution in [2.45, 2.75) is 25.3 Å². The van der Waals surface area contributed by atoms with Crippen LogP contribution in [0.4, 0.5) is 0 Å². The smallest absolute Gasteiger partial charge is 0.338 e. The number of carbonyl (C=O) groups is 2. The molecule has 0 unspecified atom stereocenters. The average Bonchev–Trinajstić information content (AvgIpc) is 3.15. The Morgan fingerprint density at radius 3 is 2.57 bits per heavy atom. The lowest BCUT2D eigenvalue weighted by molar-refractivity contribution is -0.164. The number of rotatable bonds is 4. The van der Waals surface area contributed by atoms with Crippen LogP contribution in [-0.4, -0.2) is 40.8 Å². The molecule has 4 rings (SSSR count). The van der Waals surface area contributed by atoms with Crippen molar-refractivity contribution in [2.75, 3.05) is 19.0 Å². The van der Waals surface area contributed by atoms with Gasteiger partial charge in [0.1, 0.15) is 5.88 Å². The minimum absolute atomic E-state index is 0.150. The summed E-state index contributed by atoms with van der Waals surface area (Å²) in [6, 6.07) is 15.5. The highest BCUT2D eigenvalue weighted by atomic mass is 35.5. The zero-order valence-electron chi connectivity index (χ0n) is 16.7. The van der Waals surface area contributed by atoms with Gasteiger partial charge in [-0.1, -0.05) is 41.9 Å². The van der Waals surface area contributed by atoms with Gasteiger partial charge in [-0.3, -0.25) is 4.79 Å². The van der Waals surface area contributed by atoms with Crippen molar-refractivity contribution >= 4 is 46.0 Å². The number of ether oxygens (including phenoxy) is 1. The number of amides is 1. The number of benzene rings is 2. The predicted octanol–water partition coefficient (Wildman–Crippen LogP) is 4.81. The lowest BCUT2D eigenvalue weighted by atomic mass is 9.78. The lowest BCUT2D eigenvalue weighted by Crippen LogP contribution is -2.58. The maximum atomic E-state index is 13.2. The Balaban J connectivity index is 2.01. The third kappa shape index (κ3) is 3.17. The van der Waals surface area contributed by atoms with Crippen LogP contribution in [0.5, 0.6) is 0 Å². The molecule has 1 aliphatic rings. The molecule has 1 aromatic heterocycles. The first-order chi connectivity index (χ1) is 14.4. The van der Waals surface area contributed by atoms with E-state index < -0.39 is 11.5 Å². The number of hydrogen-bond acceptors (Lipinski definition) is 3. The number of halogens is 2. The monoisotopic (exact) mass is 444 g/mol. The van der Waals surface area contributed by atoms with E-state index in [4.69, 9.17) is 27.9 Å². The third-order valence-electron chi connectivity index (χ3n) is 5.85. The van der Waals surface area contributed by atoms with Crippen molar-refractivity contribution in [1.82, 2.24) is 9.88 Å². The topological polar surface area (TPSA) is 62.4 Å². The van der Waals surface area contributed by atoms with Gasteiger partial charge in [-0.25, -0.2) is 4.79 Å². The van der Waals surface area contributed by atoms with E-state index in [1.807, 2.05) is 48.5 Å². The van der Waals surface area contributed by atoms with Crippen molar-refractivity contribution in [1.29, 1.82) is 0 Å². The van der Waals surface area contributed by atoms with Crippen LogP contribution in [0.3, 0.4) is 0 Å². The number of nitrogens with zero attached hydrogens (tertiary/aromatic N) is 1. The van der Waals surface area contributed by atoms with Crippen LogP contribution >= 0.6 is 23.2 Å². The molecular formula is C23H22Cl2N2O3. The molecule has 1 amide bonds. The number of alkyl halides is 1. The third-order valence-corrected chi connectivity index (χ3v) is 6.33. The number of esters is 1. The van der Waals surface area contributed by atoms with E-state index in [1.54, 1.807) is 13.8 Å². The minimum Gasteiger partial charge on any atom is -0.464 e. The van der Waals surface area contributed by atoms with Crippen molar-refractivity contribution in [3.05, 3.63) is 70.4 Å². The van der Waals surface area contributed by atoms with Gasteiger partial charge in [0, 0.05) is 28.4 Å². The molecule has 3 aromatic rings. The highest BCUT2D eigenvalue weighted by Crippen LogP contribution is 2.46. The maximum absolute atomic E-state index is 13.2. The fourth-order valence-corrected chi connectivity index (χ4v) is 4.65. The summed E-state index contributed by atoms with van der Waals surface area (Å²) in [6.45, 7) is 3.99. The maximum Gasteiger partial charge on any atom is 0.338 e. The lowest BCUT2D eigenvalue weighted by Gasteiger charge is -2.45. The second kappa shape index (κ2) is 7.97. The van der Waals surface area contributed by atoms with E-state index in [1.165, 1.54) is 4.90 Å². The summed E-state index contributed by atoms with van der Waals surface area (Å²) in [5.41, 5.74) is 2.24. The molecular weight excluding hydrogens is 423 g/mol. The van der Waals surface area contributed by atoms with Crippen LogP contribution in [0.1, 0.15) is 36.6 Å². The summed E-state index contributed by atoms with van der Waals surface area (Å²) in [5, 5.41) is 1.65. The van der Waals surface area contributed by atoms with Gasteiger partial charge in [0.2, 0.25) is 5.91 Å². The number of H-pyrrole nitrogens is 1. The fraction of sp³-hybridized carbons (Fsp3) is 0.304. The second-order valence-corrected chi connectivity index (χ2v) is 8.20. The van der Waals surface area contributed by atoms with Gasteiger partial charge in [-0.05, 0) is 43.2 Å². The zero-order chi connectivity index (χ0) is 21.5. The Kier molecular flexibility index (Phi) is 5.51. The number of nitrogens with one attached hydrogen (secondary N) is 1. The quantitative estimate of drug-likeness (QED) is 0.463. The Morgan fingerprint density at radius 2 is 1.90 bits per heavy atom. The van der Waals surface area contributed by atoms with Crippen molar-refractivity contribution in [3.63, 3.8) is 0 Å². The molecule has 0 aliphatic carbocycles. The molecule has 0 saturated heterocycles. The van der Waals surface area contributed by atoms with Crippen molar-refractivity contribution in [3.8, 4) is 0 Å². The molecule has 0 radical (unpaired) electrons. The summed E-state index contributed by atoms with van der Waals surface area (Å²) < 4.78 is 5.41. The molecule has 30 heavy (non-hydrogen) atoms. The van der Waals surface area contributed by atoms with Crippen molar-refractivity contribution in [2.24, 2.45) is 0 Å². The molecule has 2 heterocycles. The van der Waals surface area contributed by atoms with Gasteiger partial charge < -0.3 is 14.6 Å². The highest BCUT2D eigenvalue weighted by molar-refractivity contribution is 6.30.